The largest absolute Gasteiger partial charge is 0.416 e. The second-order valence-corrected chi connectivity index (χ2v) is 11.5. The van der Waals surface area contributed by atoms with E-state index in [-0.39, 0.29) is 12.5 Å². The minimum absolute atomic E-state index is 0.0826. The summed E-state index contributed by atoms with van der Waals surface area (Å²) in [6.45, 7) is 9.40. The Balaban J connectivity index is 0.00000255. The summed E-state index contributed by atoms with van der Waals surface area (Å²) in [6, 6.07) is 19.6. The van der Waals surface area contributed by atoms with E-state index in [9.17, 15) is 22.8 Å². The fraction of sp³-hybridized carbons (Fsp3) is 0.405. The molecule has 0 aliphatic carbocycles. The lowest BCUT2D eigenvalue weighted by Crippen LogP contribution is -2.45. The zero-order valence-corrected chi connectivity index (χ0v) is 28.0. The molecule has 2 saturated heterocycles. The van der Waals surface area contributed by atoms with Crippen LogP contribution < -0.4 is 15.5 Å². The van der Waals surface area contributed by atoms with Crippen molar-refractivity contribution in [2.45, 2.75) is 58.5 Å². The Morgan fingerprint density at radius 2 is 1.56 bits per heavy atom. The van der Waals surface area contributed by atoms with Crippen LogP contribution in [0.15, 0.2) is 84.7 Å². The molecule has 11 heteroatoms. The van der Waals surface area contributed by atoms with Crippen molar-refractivity contribution in [2.75, 3.05) is 44.8 Å². The van der Waals surface area contributed by atoms with E-state index in [1.165, 1.54) is 12.1 Å². The molecule has 0 unspecified atom stereocenters. The van der Waals surface area contributed by atoms with Crippen LogP contribution in [0.25, 0.3) is 11.1 Å². The molecule has 2 heterocycles. The van der Waals surface area contributed by atoms with Gasteiger partial charge in [0, 0.05) is 62.7 Å². The summed E-state index contributed by atoms with van der Waals surface area (Å²) >= 11 is 0. The number of allylic oxidation sites excluding steroid dienone is 1. The minimum atomic E-state index is -4.44. The fourth-order valence-electron chi connectivity index (χ4n) is 5.71. The lowest BCUT2D eigenvalue weighted by molar-refractivity contribution is -0.169. The normalized spacial score (nSPS) is 15.8. The first kappa shape index (κ1) is 36.5. The van der Waals surface area contributed by atoms with Crippen LogP contribution in [-0.2, 0) is 27.0 Å². The fourth-order valence-corrected chi connectivity index (χ4v) is 5.71. The Labute approximate surface area is 280 Å². The van der Waals surface area contributed by atoms with Crippen molar-refractivity contribution in [2.24, 2.45) is 0 Å². The molecule has 3 aromatic carbocycles. The van der Waals surface area contributed by atoms with Crippen molar-refractivity contribution in [1.29, 1.82) is 0 Å². The van der Waals surface area contributed by atoms with Crippen molar-refractivity contribution in [3.63, 3.8) is 0 Å². The Morgan fingerprint density at radius 1 is 0.938 bits per heavy atom. The quantitative estimate of drug-likeness (QED) is 0.243. The molecule has 0 radical (unpaired) electrons. The number of carbonyl (C=O) groups is 2. The first-order valence-electron chi connectivity index (χ1n) is 16.4. The molecule has 0 atom stereocenters. The van der Waals surface area contributed by atoms with Crippen molar-refractivity contribution in [3.05, 3.63) is 101 Å². The molecule has 48 heavy (non-hydrogen) atoms. The van der Waals surface area contributed by atoms with E-state index in [1.807, 2.05) is 32.9 Å². The molecule has 2 amide bonds. The number of alkyl halides is 3. The SMILES string of the molecule is CC.CC/C(=C\N(C)CC(=O)NCc1ccc(N2CCC3(CC2)OCCO3)cc1)NC(=O)c1ccccc1-c1ccc(C(F)(F)F)cc1. The van der Waals surface area contributed by atoms with Crippen LogP contribution in [0.4, 0.5) is 18.9 Å². The van der Waals surface area contributed by atoms with Crippen LogP contribution in [0.5, 0.6) is 0 Å². The number of benzene rings is 3. The van der Waals surface area contributed by atoms with Gasteiger partial charge in [-0.15, -0.1) is 0 Å². The van der Waals surface area contributed by atoms with Gasteiger partial charge in [-0.3, -0.25) is 9.59 Å². The monoisotopic (exact) mass is 666 g/mol. The summed E-state index contributed by atoms with van der Waals surface area (Å²) in [7, 11) is 1.75. The van der Waals surface area contributed by atoms with Crippen molar-refractivity contribution in [1.82, 2.24) is 15.5 Å². The number of piperidine rings is 1. The van der Waals surface area contributed by atoms with E-state index in [1.54, 1.807) is 42.4 Å². The summed E-state index contributed by atoms with van der Waals surface area (Å²) in [6.07, 6.45) is -0.565. The summed E-state index contributed by atoms with van der Waals surface area (Å²) in [5, 5.41) is 5.83. The van der Waals surface area contributed by atoms with Gasteiger partial charge >= 0.3 is 6.18 Å². The summed E-state index contributed by atoms with van der Waals surface area (Å²) < 4.78 is 50.7. The van der Waals surface area contributed by atoms with Gasteiger partial charge in [0.15, 0.2) is 5.79 Å². The number of hydrogen-bond donors (Lipinski definition) is 2. The van der Waals surface area contributed by atoms with Crippen molar-refractivity contribution >= 4 is 17.5 Å². The van der Waals surface area contributed by atoms with E-state index in [0.29, 0.717) is 48.6 Å². The van der Waals surface area contributed by atoms with Gasteiger partial charge in [0.1, 0.15) is 0 Å². The number of ether oxygens (including phenoxy) is 2. The average Bonchev–Trinajstić information content (AvgIpc) is 3.55. The average molecular weight is 667 g/mol. The van der Waals surface area contributed by atoms with E-state index in [0.717, 1.165) is 49.3 Å². The van der Waals surface area contributed by atoms with Gasteiger partial charge in [-0.25, -0.2) is 0 Å². The maximum absolute atomic E-state index is 13.2. The van der Waals surface area contributed by atoms with Crippen molar-refractivity contribution < 1.29 is 32.2 Å². The zero-order chi connectivity index (χ0) is 34.7. The molecular formula is C37H45F3N4O4. The van der Waals surface area contributed by atoms with Crippen LogP contribution in [-0.4, -0.2) is 62.4 Å². The molecule has 0 bridgehead atoms. The minimum Gasteiger partial charge on any atom is -0.371 e. The molecule has 2 aliphatic heterocycles. The highest BCUT2D eigenvalue weighted by atomic mass is 19.4. The molecular weight excluding hydrogens is 621 g/mol. The van der Waals surface area contributed by atoms with Crippen LogP contribution >= 0.6 is 0 Å². The van der Waals surface area contributed by atoms with Gasteiger partial charge in [-0.2, -0.15) is 13.2 Å². The number of carbonyl (C=O) groups excluding carboxylic acids is 2. The molecule has 0 aromatic heterocycles. The van der Waals surface area contributed by atoms with Crippen LogP contribution in [0.2, 0.25) is 0 Å². The van der Waals surface area contributed by atoms with Gasteiger partial charge in [-0.05, 0) is 53.4 Å². The Bertz CT molecular complexity index is 1530. The van der Waals surface area contributed by atoms with E-state index in [4.69, 9.17) is 9.47 Å². The topological polar surface area (TPSA) is 83.1 Å². The number of likely N-dealkylation sites (N-methyl/N-ethyl adjacent to an activating group) is 1. The van der Waals surface area contributed by atoms with Crippen LogP contribution in [0.3, 0.4) is 0 Å². The number of nitrogens with zero attached hydrogens (tertiary/aromatic N) is 2. The Hall–Kier alpha value is -4.35. The predicted octanol–water partition coefficient (Wildman–Crippen LogP) is 6.97. The smallest absolute Gasteiger partial charge is 0.371 e. The first-order valence-corrected chi connectivity index (χ1v) is 16.4. The molecule has 3 aromatic rings. The number of amides is 2. The summed E-state index contributed by atoms with van der Waals surface area (Å²) in [5.41, 5.74) is 3.29. The molecule has 2 N–H and O–H groups in total. The van der Waals surface area contributed by atoms with Crippen LogP contribution in [0.1, 0.15) is 61.5 Å². The first-order chi connectivity index (χ1) is 23.0. The van der Waals surface area contributed by atoms with Crippen molar-refractivity contribution in [3.8, 4) is 11.1 Å². The second-order valence-electron chi connectivity index (χ2n) is 11.5. The highest BCUT2D eigenvalue weighted by Crippen LogP contribution is 2.34. The number of nitrogens with one attached hydrogen (secondary N) is 2. The summed E-state index contributed by atoms with van der Waals surface area (Å²) in [5.74, 6) is -0.972. The van der Waals surface area contributed by atoms with Gasteiger partial charge in [-0.1, -0.05) is 63.2 Å². The highest BCUT2D eigenvalue weighted by molar-refractivity contribution is 6.01. The number of rotatable bonds is 10. The maximum Gasteiger partial charge on any atom is 0.416 e. The molecule has 8 nitrogen and oxygen atoms in total. The lowest BCUT2D eigenvalue weighted by Gasteiger charge is -2.38. The van der Waals surface area contributed by atoms with Gasteiger partial charge in [0.2, 0.25) is 5.91 Å². The standard InChI is InChI=1S/C35H39F3N4O4.C2H6/c1-3-28(40-33(44)31-7-5-4-6-30(31)26-10-12-27(13-11-26)35(36,37)38)23-41(2)24-32(43)39-22-25-8-14-29(15-9-25)42-18-16-34(17-19-42)45-20-21-46-34;1-2/h4-15,23H,3,16-22,24H2,1-2H3,(H,39,43)(H,40,44);1-2H3/b28-23+;. The third kappa shape index (κ3) is 9.60. The van der Waals surface area contributed by atoms with E-state index in [2.05, 4.69) is 27.7 Å². The molecule has 2 aliphatic rings. The molecule has 5 rings (SSSR count). The third-order valence-corrected chi connectivity index (χ3v) is 8.25. The maximum atomic E-state index is 13.2. The zero-order valence-electron chi connectivity index (χ0n) is 28.0. The Kier molecular flexibility index (Phi) is 12.7. The van der Waals surface area contributed by atoms with Gasteiger partial charge in [0.05, 0.1) is 25.3 Å². The van der Waals surface area contributed by atoms with Crippen LogP contribution in [0, 0.1) is 0 Å². The summed E-state index contributed by atoms with van der Waals surface area (Å²) in [4.78, 5) is 29.9. The van der Waals surface area contributed by atoms with Gasteiger partial charge < -0.3 is 29.9 Å². The van der Waals surface area contributed by atoms with Gasteiger partial charge in [0.25, 0.3) is 5.91 Å². The molecule has 1 spiro atoms. The molecule has 258 valence electrons. The number of halogens is 3. The van der Waals surface area contributed by atoms with E-state index < -0.39 is 23.4 Å². The molecule has 0 saturated carbocycles. The third-order valence-electron chi connectivity index (χ3n) is 8.25. The predicted molar refractivity (Wildman–Crippen MR) is 181 cm³/mol. The number of anilines is 1. The second kappa shape index (κ2) is 16.7. The Morgan fingerprint density at radius 3 is 2.17 bits per heavy atom. The lowest BCUT2D eigenvalue weighted by atomic mass is 9.98. The van der Waals surface area contributed by atoms with E-state index >= 15 is 0 Å². The highest BCUT2D eigenvalue weighted by Gasteiger charge is 2.39. The number of hydrogen-bond acceptors (Lipinski definition) is 6. The molecule has 2 fully saturated rings.